The topological polar surface area (TPSA) is 57.9 Å². The zero-order valence-electron chi connectivity index (χ0n) is 14.3. The van der Waals surface area contributed by atoms with Crippen LogP contribution in [0.2, 0.25) is 10.0 Å². The number of hydrogen-bond donors (Lipinski definition) is 0. The van der Waals surface area contributed by atoms with Crippen LogP contribution in [-0.2, 0) is 12.4 Å². The SMILES string of the molecule is O=C([O-])c1ccc(-n2cc(-c3cc(Cl)cc(Cl)c3)c(C(F)(F)F)n2)cc1C(F)(F)F. The third kappa shape index (κ3) is 4.39. The van der Waals surface area contributed by atoms with Crippen molar-refractivity contribution >= 4 is 29.2 Å². The summed E-state index contributed by atoms with van der Waals surface area (Å²) in [6.07, 6.45) is -9.19. The van der Waals surface area contributed by atoms with Crippen LogP contribution in [-0.4, -0.2) is 15.7 Å². The molecule has 0 aliphatic carbocycles. The van der Waals surface area contributed by atoms with Crippen LogP contribution in [0.25, 0.3) is 16.8 Å². The van der Waals surface area contributed by atoms with Gasteiger partial charge in [-0.25, -0.2) is 4.68 Å². The molecule has 0 unspecified atom stereocenters. The summed E-state index contributed by atoms with van der Waals surface area (Å²) in [7, 11) is 0. The number of nitrogens with zero attached hydrogens (tertiary/aromatic N) is 2. The zero-order chi connectivity index (χ0) is 22.4. The van der Waals surface area contributed by atoms with Crippen molar-refractivity contribution < 1.29 is 36.2 Å². The Labute approximate surface area is 174 Å². The van der Waals surface area contributed by atoms with Crippen molar-refractivity contribution in [1.82, 2.24) is 9.78 Å². The first-order valence-electron chi connectivity index (χ1n) is 7.83. The number of alkyl halides is 6. The molecule has 0 spiro atoms. The van der Waals surface area contributed by atoms with E-state index in [9.17, 15) is 36.2 Å². The van der Waals surface area contributed by atoms with Crippen LogP contribution < -0.4 is 5.11 Å². The Kier molecular flexibility index (Phi) is 5.50. The van der Waals surface area contributed by atoms with Gasteiger partial charge < -0.3 is 9.90 Å². The largest absolute Gasteiger partial charge is 0.545 e. The van der Waals surface area contributed by atoms with Crippen molar-refractivity contribution in [3.05, 3.63) is 69.5 Å². The van der Waals surface area contributed by atoms with Crippen molar-refractivity contribution in [2.24, 2.45) is 0 Å². The van der Waals surface area contributed by atoms with Crippen molar-refractivity contribution in [2.45, 2.75) is 12.4 Å². The number of aromatic carboxylic acids is 1. The normalized spacial score (nSPS) is 12.3. The van der Waals surface area contributed by atoms with E-state index >= 15 is 0 Å². The highest BCUT2D eigenvalue weighted by molar-refractivity contribution is 6.35. The second-order valence-electron chi connectivity index (χ2n) is 6.01. The second-order valence-corrected chi connectivity index (χ2v) is 6.88. The van der Waals surface area contributed by atoms with Gasteiger partial charge in [-0.15, -0.1) is 0 Å². The zero-order valence-corrected chi connectivity index (χ0v) is 15.8. The number of rotatable bonds is 3. The molecule has 0 aliphatic heterocycles. The van der Waals surface area contributed by atoms with Crippen molar-refractivity contribution in [3.8, 4) is 16.8 Å². The van der Waals surface area contributed by atoms with Gasteiger partial charge in [0.1, 0.15) is 0 Å². The van der Waals surface area contributed by atoms with E-state index in [2.05, 4.69) is 5.10 Å². The van der Waals surface area contributed by atoms with Gasteiger partial charge in [0.05, 0.1) is 17.2 Å². The lowest BCUT2D eigenvalue weighted by atomic mass is 10.1. The number of carbonyl (C=O) groups excluding carboxylic acids is 1. The fourth-order valence-corrected chi connectivity index (χ4v) is 3.25. The number of carboxylic acids is 1. The minimum absolute atomic E-state index is 0.0380. The molecule has 3 aromatic rings. The summed E-state index contributed by atoms with van der Waals surface area (Å²) in [5, 5.41) is 14.4. The monoisotopic (exact) mass is 467 g/mol. The molecule has 12 heteroatoms. The Hall–Kier alpha value is -2.72. The molecule has 1 aromatic heterocycles. The number of aromatic nitrogens is 2. The van der Waals surface area contributed by atoms with Gasteiger partial charge in [-0.3, -0.25) is 0 Å². The predicted molar refractivity (Wildman–Crippen MR) is 93.4 cm³/mol. The van der Waals surface area contributed by atoms with Crippen LogP contribution >= 0.6 is 23.2 Å². The standard InChI is InChI=1S/C18H8Cl2F6N2O2/c19-9-3-8(4-10(20)5-9)13-7-28(27-15(13)18(24,25)26)11-1-2-12(16(29)30)14(6-11)17(21,22)23/h1-7H,(H,29,30)/p-1. The van der Waals surface area contributed by atoms with Crippen LogP contribution in [0.3, 0.4) is 0 Å². The number of carbonyl (C=O) groups is 1. The second kappa shape index (κ2) is 7.51. The molecular formula is C18H7Cl2F6N2O2-. The third-order valence-electron chi connectivity index (χ3n) is 3.95. The van der Waals surface area contributed by atoms with E-state index < -0.39 is 46.4 Å². The summed E-state index contributed by atoms with van der Waals surface area (Å²) in [4.78, 5) is 10.9. The van der Waals surface area contributed by atoms with E-state index in [4.69, 9.17) is 23.2 Å². The van der Waals surface area contributed by atoms with Gasteiger partial charge in [0.25, 0.3) is 0 Å². The van der Waals surface area contributed by atoms with Gasteiger partial charge in [-0.1, -0.05) is 29.3 Å². The highest BCUT2D eigenvalue weighted by Gasteiger charge is 2.38. The molecule has 3 rings (SSSR count). The fourth-order valence-electron chi connectivity index (χ4n) is 2.72. The summed E-state index contributed by atoms with van der Waals surface area (Å²) >= 11 is 11.7. The summed E-state index contributed by atoms with van der Waals surface area (Å²) < 4.78 is 80.6. The average molecular weight is 468 g/mol. The van der Waals surface area contributed by atoms with Crippen molar-refractivity contribution in [1.29, 1.82) is 0 Å². The lowest BCUT2D eigenvalue weighted by Gasteiger charge is -2.15. The molecule has 158 valence electrons. The highest BCUT2D eigenvalue weighted by Crippen LogP contribution is 2.39. The molecular weight excluding hydrogens is 461 g/mol. The number of benzene rings is 2. The molecule has 30 heavy (non-hydrogen) atoms. The lowest BCUT2D eigenvalue weighted by molar-refractivity contribution is -0.255. The van der Waals surface area contributed by atoms with Gasteiger partial charge in [-0.05, 0) is 35.9 Å². The minimum atomic E-state index is -5.09. The maximum Gasteiger partial charge on any atom is 0.435 e. The quantitative estimate of drug-likeness (QED) is 0.494. The Bertz CT molecular complexity index is 1120. The summed E-state index contributed by atoms with van der Waals surface area (Å²) in [5.74, 6) is -2.08. The van der Waals surface area contributed by atoms with Gasteiger partial charge >= 0.3 is 12.4 Å². The van der Waals surface area contributed by atoms with E-state index in [0.29, 0.717) is 16.8 Å². The fraction of sp³-hybridized carbons (Fsp3) is 0.111. The van der Waals surface area contributed by atoms with Gasteiger partial charge in [-0.2, -0.15) is 31.4 Å². The summed E-state index contributed by atoms with van der Waals surface area (Å²) in [6, 6.07) is 5.49. The van der Waals surface area contributed by atoms with Crippen LogP contribution in [0.15, 0.2) is 42.6 Å². The van der Waals surface area contributed by atoms with E-state index in [1.54, 1.807) is 0 Å². The van der Waals surface area contributed by atoms with Crippen LogP contribution in [0, 0.1) is 0 Å². The molecule has 0 aliphatic rings. The Morgan fingerprint density at radius 2 is 1.53 bits per heavy atom. The summed E-state index contributed by atoms with van der Waals surface area (Å²) in [6.45, 7) is 0. The molecule has 0 amide bonds. The maximum atomic E-state index is 13.5. The molecule has 0 saturated carbocycles. The molecule has 0 radical (unpaired) electrons. The lowest BCUT2D eigenvalue weighted by Crippen LogP contribution is -2.26. The van der Waals surface area contributed by atoms with E-state index in [0.717, 1.165) is 12.3 Å². The third-order valence-corrected chi connectivity index (χ3v) is 4.39. The summed E-state index contributed by atoms with van der Waals surface area (Å²) in [5.41, 5.74) is -5.12. The highest BCUT2D eigenvalue weighted by atomic mass is 35.5. The molecule has 1 heterocycles. The smallest absolute Gasteiger partial charge is 0.435 e. The molecule has 0 bridgehead atoms. The van der Waals surface area contributed by atoms with Crippen LogP contribution in [0.1, 0.15) is 21.6 Å². The van der Waals surface area contributed by atoms with Crippen LogP contribution in [0.5, 0.6) is 0 Å². The first-order chi connectivity index (χ1) is 13.8. The van der Waals surface area contributed by atoms with E-state index in [1.807, 2.05) is 0 Å². The van der Waals surface area contributed by atoms with Gasteiger partial charge in [0.2, 0.25) is 0 Å². The Balaban J connectivity index is 2.23. The molecule has 0 atom stereocenters. The number of halogens is 8. The Morgan fingerprint density at radius 1 is 0.933 bits per heavy atom. The van der Waals surface area contributed by atoms with E-state index in [1.165, 1.54) is 18.2 Å². The molecule has 0 fully saturated rings. The van der Waals surface area contributed by atoms with E-state index in [-0.39, 0.29) is 15.6 Å². The minimum Gasteiger partial charge on any atom is -0.545 e. The van der Waals surface area contributed by atoms with Crippen LogP contribution in [0.4, 0.5) is 26.3 Å². The first-order valence-corrected chi connectivity index (χ1v) is 8.59. The maximum absolute atomic E-state index is 13.5. The first kappa shape index (κ1) is 22.0. The van der Waals surface area contributed by atoms with Crippen molar-refractivity contribution in [2.75, 3.05) is 0 Å². The predicted octanol–water partition coefficient (Wildman–Crippen LogP) is 5.25. The molecule has 0 saturated heterocycles. The number of hydrogen-bond acceptors (Lipinski definition) is 3. The number of carboxylic acid groups (broad SMARTS) is 1. The van der Waals surface area contributed by atoms with Crippen molar-refractivity contribution in [3.63, 3.8) is 0 Å². The average Bonchev–Trinajstić information content (AvgIpc) is 3.05. The molecule has 4 nitrogen and oxygen atoms in total. The van der Waals surface area contributed by atoms with Gasteiger partial charge in [0, 0.05) is 27.4 Å². The Morgan fingerprint density at radius 3 is 2.03 bits per heavy atom. The van der Waals surface area contributed by atoms with Gasteiger partial charge in [0.15, 0.2) is 5.69 Å². The molecule has 0 N–H and O–H groups in total. The molecule has 2 aromatic carbocycles.